The third-order valence-electron chi connectivity index (χ3n) is 3.08. The third kappa shape index (κ3) is 4.52. The monoisotopic (exact) mass is 248 g/mol. The second-order valence-electron chi connectivity index (χ2n) is 3.99. The number of rotatable bonds is 7. The molecule has 0 saturated heterocycles. The van der Waals surface area contributed by atoms with Crippen LogP contribution in [0, 0.1) is 0 Å². The predicted molar refractivity (Wildman–Crippen MR) is 61.6 cm³/mol. The Kier molecular flexibility index (Phi) is 7.20. The molecule has 0 aromatic heterocycles. The van der Waals surface area contributed by atoms with Crippen molar-refractivity contribution in [3.05, 3.63) is 12.2 Å². The van der Waals surface area contributed by atoms with Crippen LogP contribution in [0.4, 0.5) is 0 Å². The van der Waals surface area contributed by atoms with Crippen LogP contribution in [-0.4, -0.2) is 5.97 Å². The SMILES string of the molecule is C=C(CCC)C(=O)[O][Ti]([CH2]C)([CH2]C)[CH2]C. The van der Waals surface area contributed by atoms with Crippen LogP contribution in [-0.2, 0) is 25.1 Å². The molecule has 0 spiro atoms. The van der Waals surface area contributed by atoms with Gasteiger partial charge in [0.25, 0.3) is 0 Å². The molecule has 0 atom stereocenters. The Morgan fingerprint density at radius 1 is 1.13 bits per heavy atom. The molecule has 0 fully saturated rings. The van der Waals surface area contributed by atoms with Crippen LogP contribution in [0.3, 0.4) is 0 Å². The standard InChI is InChI=1S/C6H10O2.3C2H5.Ti/c1-3-4-5(2)6(7)8;3*1-2;/h2-4H2,1H3,(H,7,8);3*1H2,2H3;/q;;;;+1/p-1. The molecular weight excluding hydrogens is 224 g/mol. The van der Waals surface area contributed by atoms with Gasteiger partial charge < -0.3 is 0 Å². The Labute approximate surface area is 97.9 Å². The molecule has 88 valence electrons. The molecule has 0 saturated carbocycles. The molecule has 0 rings (SSSR count). The number of carbonyl (C=O) groups is 1. The van der Waals surface area contributed by atoms with Crippen LogP contribution in [0.1, 0.15) is 40.5 Å². The summed E-state index contributed by atoms with van der Waals surface area (Å²) in [5, 5.41) is 0. The summed E-state index contributed by atoms with van der Waals surface area (Å²) in [6, 6.07) is 0. The van der Waals surface area contributed by atoms with Crippen molar-refractivity contribution in [1.82, 2.24) is 0 Å². The Morgan fingerprint density at radius 3 is 1.93 bits per heavy atom. The first kappa shape index (κ1) is 14.9. The molecule has 0 radical (unpaired) electrons. The van der Waals surface area contributed by atoms with Crippen LogP contribution >= 0.6 is 0 Å². The van der Waals surface area contributed by atoms with Gasteiger partial charge in [-0.25, -0.2) is 0 Å². The second kappa shape index (κ2) is 7.24. The fraction of sp³-hybridized carbons (Fsp3) is 0.750. The molecule has 0 aliphatic rings. The Morgan fingerprint density at radius 2 is 1.60 bits per heavy atom. The first-order chi connectivity index (χ1) is 7.05. The molecule has 0 aromatic rings. The third-order valence-corrected chi connectivity index (χ3v) is 10.1. The maximum absolute atomic E-state index is 11.8. The Balaban J connectivity index is 4.41. The van der Waals surface area contributed by atoms with Crippen LogP contribution in [0.25, 0.3) is 0 Å². The molecule has 0 heterocycles. The molecule has 0 aliphatic carbocycles. The summed E-state index contributed by atoms with van der Waals surface area (Å²) in [5.41, 5.74) is 0.642. The molecular formula is C12H24O2Ti. The van der Waals surface area contributed by atoms with Gasteiger partial charge in [0.05, 0.1) is 0 Å². The molecule has 0 amide bonds. The topological polar surface area (TPSA) is 26.3 Å². The van der Waals surface area contributed by atoms with E-state index in [1.54, 1.807) is 0 Å². The summed E-state index contributed by atoms with van der Waals surface area (Å²) in [4.78, 5) is 11.8. The summed E-state index contributed by atoms with van der Waals surface area (Å²) < 4.78 is 8.91. The summed E-state index contributed by atoms with van der Waals surface area (Å²) in [7, 11) is 0. The van der Waals surface area contributed by atoms with Crippen molar-refractivity contribution in [3.63, 3.8) is 0 Å². The Hall–Kier alpha value is -0.0757. The summed E-state index contributed by atoms with van der Waals surface area (Å²) in [6.07, 6.45) is 1.71. The van der Waals surface area contributed by atoms with Gasteiger partial charge in [-0.1, -0.05) is 0 Å². The van der Waals surface area contributed by atoms with Crippen molar-refractivity contribution in [1.29, 1.82) is 0 Å². The summed E-state index contributed by atoms with van der Waals surface area (Å²) in [6.45, 7) is 12.3. The van der Waals surface area contributed by atoms with E-state index >= 15 is 0 Å². The zero-order chi connectivity index (χ0) is 11.9. The second-order valence-corrected chi connectivity index (χ2v) is 11.3. The molecule has 0 aromatic carbocycles. The molecule has 0 unspecified atom stereocenters. The number of carbonyl (C=O) groups excluding carboxylic acids is 1. The van der Waals surface area contributed by atoms with Crippen LogP contribution in [0.5, 0.6) is 0 Å². The van der Waals surface area contributed by atoms with Gasteiger partial charge in [0.2, 0.25) is 0 Å². The molecule has 3 heteroatoms. The molecule has 0 N–H and O–H groups in total. The van der Waals surface area contributed by atoms with E-state index in [4.69, 9.17) is 3.32 Å². The van der Waals surface area contributed by atoms with Crippen molar-refractivity contribution in [3.8, 4) is 0 Å². The minimum absolute atomic E-state index is 0.137. The summed E-state index contributed by atoms with van der Waals surface area (Å²) >= 11 is -2.31. The zero-order valence-corrected chi connectivity index (χ0v) is 12.1. The van der Waals surface area contributed by atoms with E-state index in [0.717, 1.165) is 27.0 Å². The van der Waals surface area contributed by atoms with Crippen molar-refractivity contribution in [2.45, 2.75) is 54.7 Å². The fourth-order valence-electron chi connectivity index (χ4n) is 1.64. The van der Waals surface area contributed by atoms with E-state index in [2.05, 4.69) is 27.4 Å². The summed E-state index contributed by atoms with van der Waals surface area (Å²) in [5.74, 6) is -0.137. The zero-order valence-electron chi connectivity index (χ0n) is 10.6. The van der Waals surface area contributed by atoms with Gasteiger partial charge in [0.1, 0.15) is 0 Å². The van der Waals surface area contributed by atoms with Gasteiger partial charge in [-0.2, -0.15) is 0 Å². The maximum atomic E-state index is 11.8. The number of hydrogen-bond donors (Lipinski definition) is 0. The average molecular weight is 248 g/mol. The van der Waals surface area contributed by atoms with E-state index in [1.165, 1.54) is 0 Å². The van der Waals surface area contributed by atoms with E-state index < -0.39 is 17.0 Å². The van der Waals surface area contributed by atoms with E-state index in [1.807, 2.05) is 6.92 Å². The van der Waals surface area contributed by atoms with Crippen molar-refractivity contribution in [2.75, 3.05) is 0 Å². The van der Waals surface area contributed by atoms with Crippen LogP contribution in [0.2, 0.25) is 14.2 Å². The van der Waals surface area contributed by atoms with Crippen LogP contribution < -0.4 is 0 Å². The average Bonchev–Trinajstić information content (AvgIpc) is 2.26. The van der Waals surface area contributed by atoms with Gasteiger partial charge in [0.15, 0.2) is 0 Å². The number of hydrogen-bond acceptors (Lipinski definition) is 2. The van der Waals surface area contributed by atoms with Crippen molar-refractivity contribution >= 4 is 5.97 Å². The van der Waals surface area contributed by atoms with Crippen LogP contribution in [0.15, 0.2) is 12.2 Å². The van der Waals surface area contributed by atoms with Gasteiger partial charge in [-0.05, 0) is 0 Å². The van der Waals surface area contributed by atoms with Crippen molar-refractivity contribution in [2.24, 2.45) is 0 Å². The fourth-order valence-corrected chi connectivity index (χ4v) is 5.50. The first-order valence-corrected chi connectivity index (χ1v) is 9.91. The van der Waals surface area contributed by atoms with Gasteiger partial charge in [-0.3, -0.25) is 0 Å². The van der Waals surface area contributed by atoms with E-state index in [-0.39, 0.29) is 5.97 Å². The first-order valence-electron chi connectivity index (χ1n) is 5.96. The quantitative estimate of drug-likeness (QED) is 0.496. The van der Waals surface area contributed by atoms with Gasteiger partial charge >= 0.3 is 97.9 Å². The predicted octanol–water partition coefficient (Wildman–Crippen LogP) is 4.27. The van der Waals surface area contributed by atoms with Gasteiger partial charge in [-0.15, -0.1) is 0 Å². The normalized spacial score (nSPS) is 11.2. The van der Waals surface area contributed by atoms with E-state index in [0.29, 0.717) is 5.57 Å². The molecule has 0 bridgehead atoms. The van der Waals surface area contributed by atoms with Gasteiger partial charge in [0, 0.05) is 0 Å². The molecule has 0 aliphatic heterocycles. The Bertz CT molecular complexity index is 211. The van der Waals surface area contributed by atoms with Crippen molar-refractivity contribution < 1.29 is 25.1 Å². The molecule has 15 heavy (non-hydrogen) atoms. The minimum atomic E-state index is -2.31. The van der Waals surface area contributed by atoms with E-state index in [9.17, 15) is 4.79 Å². The molecule has 2 nitrogen and oxygen atoms in total.